The van der Waals surface area contributed by atoms with Crippen LogP contribution in [0.3, 0.4) is 0 Å². The molecule has 0 unspecified atom stereocenters. The minimum absolute atomic E-state index is 0. The van der Waals surface area contributed by atoms with Crippen LogP contribution in [-0.2, 0) is 6.54 Å². The molecule has 0 aliphatic carbocycles. The Kier molecular flexibility index (Phi) is 6.20. The molecule has 128 valence electrons. The fourth-order valence-corrected chi connectivity index (χ4v) is 3.95. The predicted molar refractivity (Wildman–Crippen MR) is 117 cm³/mol. The Morgan fingerprint density at radius 1 is 0.920 bits per heavy atom. The second kappa shape index (κ2) is 8.58. The number of benzene rings is 3. The third-order valence-electron chi connectivity index (χ3n) is 4.06. The molecule has 0 saturated heterocycles. The van der Waals surface area contributed by atoms with E-state index >= 15 is 0 Å². The van der Waals surface area contributed by atoms with Crippen LogP contribution in [0.2, 0.25) is 0 Å². The SMILES string of the molecule is I.c1ccc(Sc2cccc3ccccc23)c(CNC2=NCCN2)c1. The number of hydrogen-bond donors (Lipinski definition) is 2. The lowest BCUT2D eigenvalue weighted by Gasteiger charge is -2.12. The van der Waals surface area contributed by atoms with Gasteiger partial charge in [-0.25, -0.2) is 0 Å². The van der Waals surface area contributed by atoms with Gasteiger partial charge in [-0.3, -0.25) is 4.99 Å². The summed E-state index contributed by atoms with van der Waals surface area (Å²) < 4.78 is 0. The molecular formula is C20H20IN3S. The molecular weight excluding hydrogens is 441 g/mol. The smallest absolute Gasteiger partial charge is 0.191 e. The van der Waals surface area contributed by atoms with Crippen molar-refractivity contribution < 1.29 is 0 Å². The summed E-state index contributed by atoms with van der Waals surface area (Å²) in [4.78, 5) is 6.96. The second-order valence-electron chi connectivity index (χ2n) is 5.70. The van der Waals surface area contributed by atoms with E-state index in [9.17, 15) is 0 Å². The van der Waals surface area contributed by atoms with Crippen LogP contribution in [0.15, 0.2) is 81.5 Å². The maximum absolute atomic E-state index is 4.39. The van der Waals surface area contributed by atoms with Gasteiger partial charge in [0.15, 0.2) is 5.96 Å². The number of nitrogens with zero attached hydrogens (tertiary/aromatic N) is 1. The van der Waals surface area contributed by atoms with E-state index in [1.165, 1.54) is 26.1 Å². The molecule has 3 nitrogen and oxygen atoms in total. The molecule has 25 heavy (non-hydrogen) atoms. The van der Waals surface area contributed by atoms with E-state index < -0.39 is 0 Å². The van der Waals surface area contributed by atoms with Gasteiger partial charge in [-0.1, -0.05) is 66.4 Å². The minimum Gasteiger partial charge on any atom is -0.355 e. The highest BCUT2D eigenvalue weighted by atomic mass is 127. The number of halogens is 1. The third-order valence-corrected chi connectivity index (χ3v) is 5.26. The third kappa shape index (κ3) is 4.27. The van der Waals surface area contributed by atoms with Crippen molar-refractivity contribution in [1.29, 1.82) is 0 Å². The summed E-state index contributed by atoms with van der Waals surface area (Å²) in [5.74, 6) is 0.903. The van der Waals surface area contributed by atoms with Crippen LogP contribution in [0.4, 0.5) is 0 Å². The number of aliphatic imine (C=N–C) groups is 1. The lowest BCUT2D eigenvalue weighted by atomic mass is 10.1. The highest BCUT2D eigenvalue weighted by molar-refractivity contribution is 14.0. The molecule has 0 amide bonds. The van der Waals surface area contributed by atoms with Crippen molar-refractivity contribution in [1.82, 2.24) is 10.6 Å². The van der Waals surface area contributed by atoms with Gasteiger partial charge in [-0.15, -0.1) is 24.0 Å². The molecule has 2 N–H and O–H groups in total. The zero-order chi connectivity index (χ0) is 16.2. The van der Waals surface area contributed by atoms with Crippen molar-refractivity contribution in [2.75, 3.05) is 13.1 Å². The summed E-state index contributed by atoms with van der Waals surface area (Å²) in [6.45, 7) is 2.56. The lowest BCUT2D eigenvalue weighted by Crippen LogP contribution is -2.33. The molecule has 0 fully saturated rings. The maximum Gasteiger partial charge on any atom is 0.191 e. The quantitative estimate of drug-likeness (QED) is 0.555. The van der Waals surface area contributed by atoms with E-state index in [-0.39, 0.29) is 24.0 Å². The average Bonchev–Trinajstić information content (AvgIpc) is 3.15. The topological polar surface area (TPSA) is 36.4 Å². The minimum atomic E-state index is 0. The number of guanidine groups is 1. The Labute approximate surface area is 169 Å². The molecule has 1 aliphatic heterocycles. The van der Waals surface area contributed by atoms with Crippen molar-refractivity contribution in [3.05, 3.63) is 72.3 Å². The van der Waals surface area contributed by atoms with Crippen LogP contribution in [0, 0.1) is 0 Å². The van der Waals surface area contributed by atoms with Crippen molar-refractivity contribution in [2.24, 2.45) is 4.99 Å². The van der Waals surface area contributed by atoms with Crippen LogP contribution < -0.4 is 10.6 Å². The number of nitrogens with one attached hydrogen (secondary N) is 2. The first kappa shape index (κ1) is 18.1. The first-order chi connectivity index (χ1) is 11.9. The van der Waals surface area contributed by atoms with Crippen LogP contribution in [0.5, 0.6) is 0 Å². The van der Waals surface area contributed by atoms with E-state index in [0.717, 1.165) is 25.6 Å². The summed E-state index contributed by atoms with van der Waals surface area (Å²) in [5, 5.41) is 9.22. The number of rotatable bonds is 4. The monoisotopic (exact) mass is 461 g/mol. The summed E-state index contributed by atoms with van der Waals surface area (Å²) >= 11 is 1.83. The summed E-state index contributed by atoms with van der Waals surface area (Å²) in [5.41, 5.74) is 1.28. The molecule has 4 rings (SSSR count). The van der Waals surface area contributed by atoms with Crippen LogP contribution in [-0.4, -0.2) is 19.0 Å². The Balaban J connectivity index is 0.00000182. The molecule has 0 spiro atoms. The Bertz CT molecular complexity index is 890. The molecule has 3 aromatic carbocycles. The second-order valence-corrected chi connectivity index (χ2v) is 6.78. The van der Waals surface area contributed by atoms with Gasteiger partial charge in [-0.2, -0.15) is 0 Å². The van der Waals surface area contributed by atoms with Crippen molar-refractivity contribution in [2.45, 2.75) is 16.3 Å². The molecule has 1 aliphatic rings. The van der Waals surface area contributed by atoms with E-state index in [4.69, 9.17) is 0 Å². The Hall–Kier alpha value is -1.73. The molecule has 3 aromatic rings. The van der Waals surface area contributed by atoms with Crippen LogP contribution in [0.1, 0.15) is 5.56 Å². The summed E-state index contributed by atoms with van der Waals surface area (Å²) in [6.07, 6.45) is 0. The molecule has 1 heterocycles. The average molecular weight is 461 g/mol. The number of hydrogen-bond acceptors (Lipinski definition) is 4. The van der Waals surface area contributed by atoms with Gasteiger partial charge < -0.3 is 10.6 Å². The predicted octanol–water partition coefficient (Wildman–Crippen LogP) is 4.66. The molecule has 0 aromatic heterocycles. The normalized spacial score (nSPS) is 13.0. The molecule has 0 bridgehead atoms. The Morgan fingerprint density at radius 2 is 1.68 bits per heavy atom. The van der Waals surface area contributed by atoms with Gasteiger partial charge in [0, 0.05) is 22.9 Å². The highest BCUT2D eigenvalue weighted by Crippen LogP contribution is 2.35. The number of fused-ring (bicyclic) bond motifs is 1. The molecule has 0 radical (unpaired) electrons. The van der Waals surface area contributed by atoms with Crippen molar-refractivity contribution in [3.8, 4) is 0 Å². The van der Waals surface area contributed by atoms with Crippen LogP contribution >= 0.6 is 35.7 Å². The van der Waals surface area contributed by atoms with Crippen LogP contribution in [0.25, 0.3) is 10.8 Å². The fourth-order valence-electron chi connectivity index (χ4n) is 2.85. The van der Waals surface area contributed by atoms with Gasteiger partial charge >= 0.3 is 0 Å². The first-order valence-electron chi connectivity index (χ1n) is 8.16. The van der Waals surface area contributed by atoms with E-state index in [1.54, 1.807) is 0 Å². The van der Waals surface area contributed by atoms with Gasteiger partial charge in [0.2, 0.25) is 0 Å². The molecule has 5 heteroatoms. The van der Waals surface area contributed by atoms with Gasteiger partial charge in [0.25, 0.3) is 0 Å². The summed E-state index contributed by atoms with van der Waals surface area (Å²) in [7, 11) is 0. The van der Waals surface area contributed by atoms with Crippen molar-refractivity contribution >= 4 is 52.5 Å². The molecule has 0 saturated carbocycles. The first-order valence-corrected chi connectivity index (χ1v) is 8.97. The van der Waals surface area contributed by atoms with Gasteiger partial charge in [-0.05, 0) is 28.5 Å². The van der Waals surface area contributed by atoms with Gasteiger partial charge in [0.1, 0.15) is 0 Å². The van der Waals surface area contributed by atoms with Crippen molar-refractivity contribution in [3.63, 3.8) is 0 Å². The summed E-state index contributed by atoms with van der Waals surface area (Å²) in [6, 6.07) is 23.6. The van der Waals surface area contributed by atoms with Gasteiger partial charge in [0.05, 0.1) is 6.54 Å². The largest absolute Gasteiger partial charge is 0.355 e. The Morgan fingerprint density at radius 3 is 2.56 bits per heavy atom. The zero-order valence-corrected chi connectivity index (χ0v) is 16.9. The molecule has 0 atom stereocenters. The van der Waals surface area contributed by atoms with E-state index in [1.807, 2.05) is 11.8 Å². The van der Waals surface area contributed by atoms with E-state index in [0.29, 0.717) is 0 Å². The zero-order valence-electron chi connectivity index (χ0n) is 13.7. The van der Waals surface area contributed by atoms with E-state index in [2.05, 4.69) is 82.4 Å². The standard InChI is InChI=1S/C20H19N3S.HI/c1-3-9-17-15(6-1)8-5-11-19(17)24-18-10-4-2-7-16(18)14-23-20-21-12-13-22-20;/h1-11H,12-14H2,(H2,21,22,23);1H. The maximum atomic E-state index is 4.39. The lowest BCUT2D eigenvalue weighted by molar-refractivity contribution is 0.853. The highest BCUT2D eigenvalue weighted by Gasteiger charge is 2.09. The fraction of sp³-hybridized carbons (Fsp3) is 0.150.